The average molecular weight is 452 g/mol. The van der Waals surface area contributed by atoms with Crippen molar-refractivity contribution in [2.75, 3.05) is 26.2 Å². The van der Waals surface area contributed by atoms with Crippen LogP contribution in [0, 0.1) is 16.0 Å². The van der Waals surface area contributed by atoms with Gasteiger partial charge in [0.2, 0.25) is 5.91 Å². The smallest absolute Gasteiger partial charge is 0.269 e. The zero-order valence-corrected chi connectivity index (χ0v) is 18.6. The van der Waals surface area contributed by atoms with Crippen LogP contribution in [0.15, 0.2) is 48.7 Å². The molecule has 1 aliphatic carbocycles. The molecular formula is C24H29N5O4. The number of piperazine rings is 1. The molecule has 2 heterocycles. The first-order chi connectivity index (χ1) is 16.0. The lowest BCUT2D eigenvalue weighted by molar-refractivity contribution is -0.384. The fraction of sp³-hybridized carbons (Fsp3) is 0.458. The maximum absolute atomic E-state index is 13.2. The second kappa shape index (κ2) is 10.5. The minimum atomic E-state index is -0.477. The highest BCUT2D eigenvalue weighted by molar-refractivity contribution is 5.94. The summed E-state index contributed by atoms with van der Waals surface area (Å²) in [5, 5.41) is 13.9. The molecule has 0 radical (unpaired) electrons. The lowest BCUT2D eigenvalue weighted by atomic mass is 9.95. The fourth-order valence-electron chi connectivity index (χ4n) is 4.85. The van der Waals surface area contributed by atoms with Crippen molar-refractivity contribution in [2.45, 2.75) is 38.3 Å². The van der Waals surface area contributed by atoms with Crippen LogP contribution in [0.3, 0.4) is 0 Å². The molecule has 33 heavy (non-hydrogen) atoms. The van der Waals surface area contributed by atoms with Gasteiger partial charge in [0.1, 0.15) is 0 Å². The van der Waals surface area contributed by atoms with Gasteiger partial charge in [-0.1, -0.05) is 18.9 Å². The summed E-state index contributed by atoms with van der Waals surface area (Å²) >= 11 is 0. The highest BCUT2D eigenvalue weighted by Gasteiger charge is 2.37. The van der Waals surface area contributed by atoms with Gasteiger partial charge in [0.15, 0.2) is 0 Å². The van der Waals surface area contributed by atoms with Crippen LogP contribution in [-0.2, 0) is 11.3 Å². The average Bonchev–Trinajstić information content (AvgIpc) is 3.38. The molecule has 0 unspecified atom stereocenters. The fourth-order valence-corrected chi connectivity index (χ4v) is 4.85. The number of rotatable bonds is 7. The van der Waals surface area contributed by atoms with E-state index in [-0.39, 0.29) is 23.5 Å². The van der Waals surface area contributed by atoms with Gasteiger partial charge in [0, 0.05) is 50.1 Å². The first-order valence-corrected chi connectivity index (χ1v) is 11.5. The second-order valence-corrected chi connectivity index (χ2v) is 8.66. The van der Waals surface area contributed by atoms with Crippen molar-refractivity contribution in [1.82, 2.24) is 20.1 Å². The van der Waals surface area contributed by atoms with E-state index in [1.54, 1.807) is 11.1 Å². The van der Waals surface area contributed by atoms with Gasteiger partial charge in [-0.3, -0.25) is 29.6 Å². The van der Waals surface area contributed by atoms with E-state index in [0.29, 0.717) is 44.2 Å². The summed E-state index contributed by atoms with van der Waals surface area (Å²) in [6.07, 6.45) is 6.10. The van der Waals surface area contributed by atoms with Gasteiger partial charge < -0.3 is 10.2 Å². The molecule has 2 amide bonds. The molecule has 4 rings (SSSR count). The summed E-state index contributed by atoms with van der Waals surface area (Å²) in [5.41, 5.74) is 1.23. The van der Waals surface area contributed by atoms with Crippen LogP contribution in [0.25, 0.3) is 0 Å². The molecule has 0 spiro atoms. The Kier molecular flexibility index (Phi) is 7.29. The van der Waals surface area contributed by atoms with E-state index in [2.05, 4.69) is 15.2 Å². The molecule has 1 N–H and O–H groups in total. The molecule has 174 valence electrons. The number of amides is 2. The first kappa shape index (κ1) is 22.8. The second-order valence-electron chi connectivity index (χ2n) is 8.66. The van der Waals surface area contributed by atoms with Gasteiger partial charge in [-0.05, 0) is 43.0 Å². The summed E-state index contributed by atoms with van der Waals surface area (Å²) in [6.45, 7) is 2.69. The van der Waals surface area contributed by atoms with E-state index in [9.17, 15) is 19.7 Å². The molecule has 2 fully saturated rings. The van der Waals surface area contributed by atoms with Crippen molar-refractivity contribution in [3.63, 3.8) is 0 Å². The predicted molar refractivity (Wildman–Crippen MR) is 122 cm³/mol. The number of carbonyl (C=O) groups excluding carboxylic acids is 2. The lowest BCUT2D eigenvalue weighted by Crippen LogP contribution is -2.57. The van der Waals surface area contributed by atoms with E-state index in [4.69, 9.17) is 0 Å². The van der Waals surface area contributed by atoms with E-state index < -0.39 is 4.92 Å². The van der Waals surface area contributed by atoms with Gasteiger partial charge in [0.25, 0.3) is 11.6 Å². The predicted octanol–water partition coefficient (Wildman–Crippen LogP) is 2.62. The highest BCUT2D eigenvalue weighted by Crippen LogP contribution is 2.31. The standard InChI is InChI=1S/C24H29N5O4/c30-23(26-17-20-7-3-4-12-25-20)22(18-5-1-2-6-18)27-13-15-28(16-14-27)24(31)19-8-10-21(11-9-19)29(32)33/h3-4,7-12,18,22H,1-2,5-6,13-17H2,(H,26,30)/t22-/m0/s1. The molecule has 1 atom stereocenters. The van der Waals surface area contributed by atoms with Crippen LogP contribution < -0.4 is 5.32 Å². The van der Waals surface area contributed by atoms with E-state index in [1.807, 2.05) is 18.2 Å². The van der Waals surface area contributed by atoms with E-state index in [0.717, 1.165) is 31.4 Å². The van der Waals surface area contributed by atoms with Crippen LogP contribution in [0.5, 0.6) is 0 Å². The number of aromatic nitrogens is 1. The molecule has 0 bridgehead atoms. The van der Waals surface area contributed by atoms with E-state index >= 15 is 0 Å². The van der Waals surface area contributed by atoms with Gasteiger partial charge in [-0.15, -0.1) is 0 Å². The van der Waals surface area contributed by atoms with Crippen molar-refractivity contribution >= 4 is 17.5 Å². The molecule has 2 aromatic rings. The third kappa shape index (κ3) is 5.54. The molecule has 2 aliphatic rings. The number of nitro benzene ring substituents is 1. The zero-order valence-electron chi connectivity index (χ0n) is 18.6. The molecular weight excluding hydrogens is 422 g/mol. The third-order valence-corrected chi connectivity index (χ3v) is 6.60. The van der Waals surface area contributed by atoms with Crippen molar-refractivity contribution in [3.8, 4) is 0 Å². The number of nitrogens with zero attached hydrogens (tertiary/aromatic N) is 4. The topological polar surface area (TPSA) is 109 Å². The minimum Gasteiger partial charge on any atom is -0.349 e. The highest BCUT2D eigenvalue weighted by atomic mass is 16.6. The third-order valence-electron chi connectivity index (χ3n) is 6.60. The number of carbonyl (C=O) groups is 2. The number of hydrogen-bond acceptors (Lipinski definition) is 6. The molecule has 1 aromatic carbocycles. The van der Waals surface area contributed by atoms with Crippen molar-refractivity contribution in [2.24, 2.45) is 5.92 Å². The molecule has 1 aliphatic heterocycles. The van der Waals surface area contributed by atoms with Crippen molar-refractivity contribution in [1.29, 1.82) is 0 Å². The molecule has 1 saturated carbocycles. The maximum atomic E-state index is 13.2. The Balaban J connectivity index is 1.37. The molecule has 9 nitrogen and oxygen atoms in total. The summed E-state index contributed by atoms with van der Waals surface area (Å²) in [6, 6.07) is 11.2. The van der Waals surface area contributed by atoms with Gasteiger partial charge >= 0.3 is 0 Å². The normalized spacial score (nSPS) is 18.1. The Morgan fingerprint density at radius 1 is 1.06 bits per heavy atom. The number of benzene rings is 1. The molecule has 9 heteroatoms. The minimum absolute atomic E-state index is 0.0303. The molecule has 1 saturated heterocycles. The van der Waals surface area contributed by atoms with Crippen LogP contribution in [0.4, 0.5) is 5.69 Å². The SMILES string of the molecule is O=C(NCc1ccccn1)[C@H](C1CCCC1)N1CCN(C(=O)c2ccc([N+](=O)[O-])cc2)CC1. The Labute approximate surface area is 192 Å². The molecule has 1 aromatic heterocycles. The van der Waals surface area contributed by atoms with Crippen LogP contribution in [0.1, 0.15) is 41.7 Å². The summed E-state index contributed by atoms with van der Waals surface area (Å²) in [7, 11) is 0. The number of nitrogens with one attached hydrogen (secondary N) is 1. The number of hydrogen-bond donors (Lipinski definition) is 1. The lowest BCUT2D eigenvalue weighted by Gasteiger charge is -2.40. The van der Waals surface area contributed by atoms with Crippen molar-refractivity contribution < 1.29 is 14.5 Å². The summed E-state index contributed by atoms with van der Waals surface area (Å²) in [5.74, 6) is 0.218. The van der Waals surface area contributed by atoms with Crippen molar-refractivity contribution in [3.05, 3.63) is 70.0 Å². The van der Waals surface area contributed by atoms with Gasteiger partial charge in [-0.25, -0.2) is 0 Å². The number of pyridine rings is 1. The summed E-state index contributed by atoms with van der Waals surface area (Å²) in [4.78, 5) is 44.7. The monoisotopic (exact) mass is 451 g/mol. The van der Waals surface area contributed by atoms with Crippen LogP contribution in [0.2, 0.25) is 0 Å². The maximum Gasteiger partial charge on any atom is 0.269 e. The zero-order chi connectivity index (χ0) is 23.2. The van der Waals surface area contributed by atoms with Crippen LogP contribution in [-0.4, -0.2) is 63.7 Å². The number of nitro groups is 1. The Morgan fingerprint density at radius 3 is 2.36 bits per heavy atom. The first-order valence-electron chi connectivity index (χ1n) is 11.5. The largest absolute Gasteiger partial charge is 0.349 e. The Morgan fingerprint density at radius 2 is 1.76 bits per heavy atom. The van der Waals surface area contributed by atoms with Gasteiger partial charge in [0.05, 0.1) is 23.2 Å². The Hall–Kier alpha value is -3.33. The number of non-ortho nitro benzene ring substituents is 1. The van der Waals surface area contributed by atoms with E-state index in [1.165, 1.54) is 24.3 Å². The van der Waals surface area contributed by atoms with Crippen LogP contribution >= 0.6 is 0 Å². The van der Waals surface area contributed by atoms with Gasteiger partial charge in [-0.2, -0.15) is 0 Å². The Bertz CT molecular complexity index is 968. The quantitative estimate of drug-likeness (QED) is 0.512. The summed E-state index contributed by atoms with van der Waals surface area (Å²) < 4.78 is 0.